The number of carbonyl (C=O) groups is 1. The highest BCUT2D eigenvalue weighted by molar-refractivity contribution is 7.86. The highest BCUT2D eigenvalue weighted by Gasteiger charge is 2.56. The quantitative estimate of drug-likeness (QED) is 0.591. The summed E-state index contributed by atoms with van der Waals surface area (Å²) in [5.74, 6) is -0.256. The first kappa shape index (κ1) is 15.8. The smallest absolute Gasteiger partial charge is 0.310 e. The summed E-state index contributed by atoms with van der Waals surface area (Å²) < 4.78 is 33.0. The molecule has 116 valence electrons. The first-order chi connectivity index (χ1) is 9.01. The van der Waals surface area contributed by atoms with E-state index in [1.54, 1.807) is 0 Å². The molecule has 2 unspecified atom stereocenters. The summed E-state index contributed by atoms with van der Waals surface area (Å²) in [7, 11) is -3.43. The van der Waals surface area contributed by atoms with Gasteiger partial charge < -0.3 is 4.74 Å². The Hall–Kier alpha value is -0.620. The molecule has 0 aromatic carbocycles. The molecule has 2 fully saturated rings. The van der Waals surface area contributed by atoms with Crippen LogP contribution in [0.4, 0.5) is 0 Å². The molecule has 0 saturated heterocycles. The van der Waals surface area contributed by atoms with E-state index in [1.807, 2.05) is 20.8 Å². The number of ether oxygens (including phenoxy) is 1. The maximum atomic E-state index is 12.3. The normalized spacial score (nSPS) is 29.2. The van der Waals surface area contributed by atoms with E-state index in [0.29, 0.717) is 19.3 Å². The Morgan fingerprint density at radius 1 is 1.20 bits per heavy atom. The number of hydrogen-bond donors (Lipinski definition) is 0. The third-order valence-electron chi connectivity index (χ3n) is 4.05. The predicted molar refractivity (Wildman–Crippen MR) is 74.6 cm³/mol. The van der Waals surface area contributed by atoms with Crippen LogP contribution in [0.2, 0.25) is 0 Å². The maximum Gasteiger partial charge on any atom is 0.310 e. The average molecular weight is 304 g/mol. The maximum absolute atomic E-state index is 12.3. The van der Waals surface area contributed by atoms with Crippen LogP contribution in [0.3, 0.4) is 0 Å². The first-order valence-electron chi connectivity index (χ1n) is 7.12. The topological polar surface area (TPSA) is 69.7 Å². The van der Waals surface area contributed by atoms with Gasteiger partial charge >= 0.3 is 5.97 Å². The predicted octanol–water partition coefficient (Wildman–Crippen LogP) is 2.25. The molecule has 0 aromatic heterocycles. The summed E-state index contributed by atoms with van der Waals surface area (Å²) in [6.45, 7) is 5.59. The minimum absolute atomic E-state index is 0.0874. The van der Waals surface area contributed by atoms with E-state index in [0.717, 1.165) is 19.1 Å². The summed E-state index contributed by atoms with van der Waals surface area (Å²) in [6.07, 6.45) is 4.59. The van der Waals surface area contributed by atoms with Crippen molar-refractivity contribution in [3.63, 3.8) is 0 Å². The third kappa shape index (κ3) is 3.95. The Labute approximate surface area is 121 Å². The zero-order valence-electron chi connectivity index (χ0n) is 12.6. The Kier molecular flexibility index (Phi) is 3.93. The second-order valence-corrected chi connectivity index (χ2v) is 8.75. The molecule has 2 aliphatic rings. The molecule has 0 bridgehead atoms. The summed E-state index contributed by atoms with van der Waals surface area (Å²) in [6, 6.07) is 0. The van der Waals surface area contributed by atoms with Gasteiger partial charge in [-0.1, -0.05) is 0 Å². The van der Waals surface area contributed by atoms with Crippen LogP contribution in [0.15, 0.2) is 0 Å². The van der Waals surface area contributed by atoms with Crippen LogP contribution in [0, 0.1) is 11.3 Å². The van der Waals surface area contributed by atoms with Crippen molar-refractivity contribution >= 4 is 16.1 Å². The van der Waals surface area contributed by atoms with Crippen LogP contribution in [0.1, 0.15) is 52.9 Å². The van der Waals surface area contributed by atoms with Crippen molar-refractivity contribution in [2.24, 2.45) is 11.3 Å². The Balaban J connectivity index is 2.01. The second-order valence-electron chi connectivity index (χ2n) is 7.15. The lowest BCUT2D eigenvalue weighted by Gasteiger charge is -2.36. The van der Waals surface area contributed by atoms with Gasteiger partial charge in [-0.3, -0.25) is 8.98 Å². The van der Waals surface area contributed by atoms with Crippen molar-refractivity contribution in [3.05, 3.63) is 0 Å². The van der Waals surface area contributed by atoms with Crippen molar-refractivity contribution in [2.75, 3.05) is 6.26 Å². The zero-order valence-corrected chi connectivity index (χ0v) is 13.5. The van der Waals surface area contributed by atoms with Crippen LogP contribution in [0.25, 0.3) is 0 Å². The fourth-order valence-electron chi connectivity index (χ4n) is 3.14. The molecule has 1 spiro atoms. The lowest BCUT2D eigenvalue weighted by Crippen LogP contribution is -2.39. The van der Waals surface area contributed by atoms with Gasteiger partial charge in [-0.15, -0.1) is 0 Å². The Morgan fingerprint density at radius 2 is 1.80 bits per heavy atom. The van der Waals surface area contributed by atoms with Crippen molar-refractivity contribution in [1.82, 2.24) is 0 Å². The molecule has 0 N–H and O–H groups in total. The molecular formula is C14H24O5S. The van der Waals surface area contributed by atoms with E-state index in [4.69, 9.17) is 8.92 Å². The second kappa shape index (κ2) is 4.98. The van der Waals surface area contributed by atoms with Crippen LogP contribution in [-0.4, -0.2) is 32.3 Å². The van der Waals surface area contributed by atoms with Crippen molar-refractivity contribution in [2.45, 2.75) is 64.6 Å². The Morgan fingerprint density at radius 3 is 2.25 bits per heavy atom. The molecule has 0 radical (unpaired) electrons. The summed E-state index contributed by atoms with van der Waals surface area (Å²) in [5, 5.41) is 0. The van der Waals surface area contributed by atoms with Crippen molar-refractivity contribution in [1.29, 1.82) is 0 Å². The van der Waals surface area contributed by atoms with Gasteiger partial charge in [-0.05, 0) is 58.3 Å². The average Bonchev–Trinajstić information content (AvgIpc) is 2.92. The highest BCUT2D eigenvalue weighted by Crippen LogP contribution is 2.60. The molecule has 2 rings (SSSR count). The third-order valence-corrected chi connectivity index (χ3v) is 4.67. The van der Waals surface area contributed by atoms with Gasteiger partial charge in [0.05, 0.1) is 18.3 Å². The Bertz CT molecular complexity index is 484. The van der Waals surface area contributed by atoms with Gasteiger partial charge in [0.2, 0.25) is 0 Å². The largest absolute Gasteiger partial charge is 0.460 e. The molecule has 0 aromatic rings. The van der Waals surface area contributed by atoms with Crippen molar-refractivity contribution < 1.29 is 22.1 Å². The van der Waals surface area contributed by atoms with E-state index in [-0.39, 0.29) is 23.4 Å². The van der Waals surface area contributed by atoms with Crippen molar-refractivity contribution in [3.8, 4) is 0 Å². The highest BCUT2D eigenvalue weighted by atomic mass is 32.2. The van der Waals surface area contributed by atoms with E-state index >= 15 is 0 Å². The molecule has 6 heteroatoms. The van der Waals surface area contributed by atoms with Crippen LogP contribution in [-0.2, 0) is 23.8 Å². The van der Waals surface area contributed by atoms with Gasteiger partial charge in [0.15, 0.2) is 0 Å². The minimum Gasteiger partial charge on any atom is -0.460 e. The van der Waals surface area contributed by atoms with Gasteiger partial charge in [0.1, 0.15) is 5.60 Å². The fraction of sp³-hybridized carbons (Fsp3) is 0.929. The minimum atomic E-state index is -3.43. The molecule has 2 saturated carbocycles. The summed E-state index contributed by atoms with van der Waals surface area (Å²) >= 11 is 0. The zero-order chi connectivity index (χ0) is 15.2. The van der Waals surface area contributed by atoms with Crippen LogP contribution >= 0.6 is 0 Å². The molecule has 2 atom stereocenters. The van der Waals surface area contributed by atoms with Crippen LogP contribution < -0.4 is 0 Å². The van der Waals surface area contributed by atoms with Gasteiger partial charge in [0.25, 0.3) is 10.1 Å². The number of rotatable bonds is 3. The monoisotopic (exact) mass is 304 g/mol. The molecule has 2 aliphatic carbocycles. The molecule has 0 aliphatic heterocycles. The molecule has 0 amide bonds. The lowest BCUT2D eigenvalue weighted by molar-refractivity contribution is -0.165. The van der Waals surface area contributed by atoms with Gasteiger partial charge in [-0.2, -0.15) is 8.42 Å². The van der Waals surface area contributed by atoms with Gasteiger partial charge in [-0.25, -0.2) is 0 Å². The standard InChI is InChI=1S/C14H24O5S/c1-13(2,3)18-12(15)11-6-5-10(19-20(4,16)17)9-14(11)7-8-14/h10-11H,5-9H2,1-4H3. The lowest BCUT2D eigenvalue weighted by atomic mass is 9.75. The molecule has 5 nitrogen and oxygen atoms in total. The number of carbonyl (C=O) groups excluding carboxylic acids is 1. The number of esters is 1. The van der Waals surface area contributed by atoms with E-state index in [2.05, 4.69) is 0 Å². The molecular weight excluding hydrogens is 280 g/mol. The van der Waals surface area contributed by atoms with Crippen LogP contribution in [0.5, 0.6) is 0 Å². The van der Waals surface area contributed by atoms with Gasteiger partial charge in [0, 0.05) is 0 Å². The summed E-state index contributed by atoms with van der Waals surface area (Å²) in [4.78, 5) is 12.3. The van der Waals surface area contributed by atoms with E-state index in [1.165, 1.54) is 0 Å². The number of hydrogen-bond acceptors (Lipinski definition) is 5. The molecule has 0 heterocycles. The van der Waals surface area contributed by atoms with E-state index in [9.17, 15) is 13.2 Å². The fourth-order valence-corrected chi connectivity index (χ4v) is 3.80. The SMILES string of the molecule is CC(C)(C)OC(=O)C1CCC(OS(C)(=O)=O)CC12CC2. The van der Waals surface area contributed by atoms with E-state index < -0.39 is 15.7 Å². The molecule has 20 heavy (non-hydrogen) atoms. The summed E-state index contributed by atoms with van der Waals surface area (Å²) in [5.41, 5.74) is -0.566. The first-order valence-corrected chi connectivity index (χ1v) is 8.94.